The van der Waals surface area contributed by atoms with E-state index < -0.39 is 15.4 Å². The van der Waals surface area contributed by atoms with Gasteiger partial charge < -0.3 is 14.8 Å². The molecule has 0 radical (unpaired) electrons. The van der Waals surface area contributed by atoms with Crippen LogP contribution in [0.25, 0.3) is 0 Å². The quantitative estimate of drug-likeness (QED) is 0.727. The van der Waals surface area contributed by atoms with E-state index in [2.05, 4.69) is 5.32 Å². The molecular formula is C22H28N2O5S. The van der Waals surface area contributed by atoms with Gasteiger partial charge in [-0.15, -0.1) is 0 Å². The summed E-state index contributed by atoms with van der Waals surface area (Å²) in [7, 11) is -0.559. The predicted octanol–water partition coefficient (Wildman–Crippen LogP) is 2.81. The lowest BCUT2D eigenvalue weighted by molar-refractivity contribution is -0.132. The van der Waals surface area contributed by atoms with Gasteiger partial charge in [-0.05, 0) is 61.7 Å². The highest BCUT2D eigenvalue weighted by atomic mass is 32.2. The Kier molecular flexibility index (Phi) is 6.67. The first-order valence-electron chi connectivity index (χ1n) is 9.84. The molecule has 0 aromatic heterocycles. The van der Waals surface area contributed by atoms with Gasteiger partial charge in [0.1, 0.15) is 11.5 Å². The van der Waals surface area contributed by atoms with Crippen molar-refractivity contribution in [2.24, 2.45) is 5.41 Å². The second-order valence-corrected chi connectivity index (χ2v) is 9.65. The Hall–Kier alpha value is -2.58. The summed E-state index contributed by atoms with van der Waals surface area (Å²) in [6.07, 6.45) is 1.25. The topological polar surface area (TPSA) is 84.9 Å². The molecule has 0 bridgehead atoms. The third-order valence-electron chi connectivity index (χ3n) is 5.49. The maximum Gasteiger partial charge on any atom is 0.243 e. The first kappa shape index (κ1) is 22.1. The van der Waals surface area contributed by atoms with Gasteiger partial charge in [0.25, 0.3) is 0 Å². The maximum absolute atomic E-state index is 13.1. The molecule has 0 saturated carbocycles. The van der Waals surface area contributed by atoms with Crippen LogP contribution < -0.4 is 14.8 Å². The van der Waals surface area contributed by atoms with Crippen LogP contribution in [0.4, 0.5) is 0 Å². The van der Waals surface area contributed by atoms with Crippen molar-refractivity contribution < 1.29 is 22.7 Å². The molecule has 162 valence electrons. The zero-order valence-electron chi connectivity index (χ0n) is 17.6. The summed E-state index contributed by atoms with van der Waals surface area (Å²) in [4.78, 5) is 13.2. The molecule has 0 spiro atoms. The van der Waals surface area contributed by atoms with Crippen LogP contribution in [0, 0.1) is 5.41 Å². The highest BCUT2D eigenvalue weighted by molar-refractivity contribution is 7.89. The van der Waals surface area contributed by atoms with E-state index in [1.54, 1.807) is 19.2 Å². The highest BCUT2D eigenvalue weighted by Gasteiger charge is 2.41. The van der Waals surface area contributed by atoms with Crippen molar-refractivity contribution in [3.63, 3.8) is 0 Å². The molecule has 1 N–H and O–H groups in total. The molecule has 1 aliphatic heterocycles. The minimum absolute atomic E-state index is 0.144. The first-order chi connectivity index (χ1) is 14.3. The Labute approximate surface area is 178 Å². The zero-order chi connectivity index (χ0) is 21.8. The van der Waals surface area contributed by atoms with E-state index in [0.29, 0.717) is 31.7 Å². The number of amides is 1. The standard InChI is InChI=1S/C22H28N2O5S/c1-22(21(25)23-15-17-6-4-7-19(14-17)29-3)12-5-13-24(16-22)30(26,27)20-10-8-18(28-2)9-11-20/h4,6-11,14H,5,12-13,15-16H2,1-3H3,(H,23,25). The van der Waals surface area contributed by atoms with Gasteiger partial charge in [-0.2, -0.15) is 4.31 Å². The molecule has 1 amide bonds. The zero-order valence-corrected chi connectivity index (χ0v) is 18.4. The van der Waals surface area contributed by atoms with Gasteiger partial charge in [-0.1, -0.05) is 12.1 Å². The molecule has 8 heteroatoms. The van der Waals surface area contributed by atoms with Crippen LogP contribution in [0.5, 0.6) is 11.5 Å². The smallest absolute Gasteiger partial charge is 0.243 e. The van der Waals surface area contributed by atoms with Gasteiger partial charge in [0.05, 0.1) is 24.5 Å². The Morgan fingerprint density at radius 1 is 1.10 bits per heavy atom. The van der Waals surface area contributed by atoms with Gasteiger partial charge in [0.2, 0.25) is 15.9 Å². The molecule has 30 heavy (non-hydrogen) atoms. The Morgan fingerprint density at radius 2 is 1.80 bits per heavy atom. The number of carbonyl (C=O) groups excluding carboxylic acids is 1. The van der Waals surface area contributed by atoms with Gasteiger partial charge >= 0.3 is 0 Å². The summed E-state index contributed by atoms with van der Waals surface area (Å²) in [6, 6.07) is 13.8. The molecule has 1 unspecified atom stereocenters. The molecule has 1 saturated heterocycles. The number of hydrogen-bond donors (Lipinski definition) is 1. The summed E-state index contributed by atoms with van der Waals surface area (Å²) in [5.74, 6) is 1.16. The van der Waals surface area contributed by atoms with Crippen LogP contribution in [-0.2, 0) is 21.4 Å². The number of hydrogen-bond acceptors (Lipinski definition) is 5. The van der Waals surface area contributed by atoms with Crippen molar-refractivity contribution in [1.29, 1.82) is 0 Å². The Balaban J connectivity index is 1.70. The van der Waals surface area contributed by atoms with Crippen molar-refractivity contribution in [3.05, 3.63) is 54.1 Å². The van der Waals surface area contributed by atoms with Gasteiger partial charge in [0, 0.05) is 19.6 Å². The molecule has 0 aliphatic carbocycles. The fourth-order valence-electron chi connectivity index (χ4n) is 3.66. The van der Waals surface area contributed by atoms with Crippen LogP contribution in [0.3, 0.4) is 0 Å². The minimum atomic E-state index is -3.69. The SMILES string of the molecule is COc1ccc(S(=O)(=O)N2CCCC(C)(C(=O)NCc3cccc(OC)c3)C2)cc1. The third-order valence-corrected chi connectivity index (χ3v) is 7.35. The van der Waals surface area contributed by atoms with Crippen LogP contribution in [0.1, 0.15) is 25.3 Å². The summed E-state index contributed by atoms with van der Waals surface area (Å²) in [5.41, 5.74) is 0.126. The van der Waals surface area contributed by atoms with E-state index in [0.717, 1.165) is 11.3 Å². The maximum atomic E-state index is 13.1. The fraction of sp³-hybridized carbons (Fsp3) is 0.409. The molecule has 3 rings (SSSR count). The molecule has 2 aromatic rings. The van der Waals surface area contributed by atoms with Crippen LogP contribution in [-0.4, -0.2) is 45.9 Å². The van der Waals surface area contributed by atoms with E-state index >= 15 is 0 Å². The minimum Gasteiger partial charge on any atom is -0.497 e. The van der Waals surface area contributed by atoms with E-state index in [9.17, 15) is 13.2 Å². The molecule has 7 nitrogen and oxygen atoms in total. The average Bonchev–Trinajstić information content (AvgIpc) is 2.77. The van der Waals surface area contributed by atoms with E-state index in [1.165, 1.54) is 23.5 Å². The summed E-state index contributed by atoms with van der Waals surface area (Å²) in [6.45, 7) is 2.72. The van der Waals surface area contributed by atoms with Crippen molar-refractivity contribution in [1.82, 2.24) is 9.62 Å². The predicted molar refractivity (Wildman–Crippen MR) is 114 cm³/mol. The van der Waals surface area contributed by atoms with E-state index in [4.69, 9.17) is 9.47 Å². The number of nitrogens with one attached hydrogen (secondary N) is 1. The van der Waals surface area contributed by atoms with Gasteiger partial charge in [-0.3, -0.25) is 4.79 Å². The Morgan fingerprint density at radius 3 is 2.47 bits per heavy atom. The lowest BCUT2D eigenvalue weighted by atomic mass is 9.82. The van der Waals surface area contributed by atoms with Crippen LogP contribution >= 0.6 is 0 Å². The Bertz CT molecular complexity index is 991. The number of methoxy groups -OCH3 is 2. The van der Waals surface area contributed by atoms with Crippen LogP contribution in [0.2, 0.25) is 0 Å². The number of carbonyl (C=O) groups is 1. The number of piperidine rings is 1. The number of nitrogens with zero attached hydrogens (tertiary/aromatic N) is 1. The van der Waals surface area contributed by atoms with Crippen molar-refractivity contribution >= 4 is 15.9 Å². The highest BCUT2D eigenvalue weighted by Crippen LogP contribution is 2.33. The van der Waals surface area contributed by atoms with E-state index in [-0.39, 0.29) is 17.3 Å². The molecule has 2 aromatic carbocycles. The van der Waals surface area contributed by atoms with Crippen molar-refractivity contribution in [2.45, 2.75) is 31.2 Å². The molecular weight excluding hydrogens is 404 g/mol. The fourth-order valence-corrected chi connectivity index (χ4v) is 5.26. The largest absolute Gasteiger partial charge is 0.497 e. The molecule has 1 fully saturated rings. The number of benzene rings is 2. The lowest BCUT2D eigenvalue weighted by Crippen LogP contribution is -2.51. The van der Waals surface area contributed by atoms with Crippen molar-refractivity contribution in [3.8, 4) is 11.5 Å². The first-order valence-corrected chi connectivity index (χ1v) is 11.3. The molecule has 1 heterocycles. The second-order valence-electron chi connectivity index (χ2n) is 7.71. The molecule has 1 atom stereocenters. The van der Waals surface area contributed by atoms with Crippen LogP contribution in [0.15, 0.2) is 53.4 Å². The second kappa shape index (κ2) is 9.06. The van der Waals surface area contributed by atoms with Gasteiger partial charge in [-0.25, -0.2) is 8.42 Å². The number of ether oxygens (including phenoxy) is 2. The van der Waals surface area contributed by atoms with Gasteiger partial charge in [0.15, 0.2) is 0 Å². The number of rotatable bonds is 7. The monoisotopic (exact) mass is 432 g/mol. The average molecular weight is 433 g/mol. The van der Waals surface area contributed by atoms with Crippen molar-refractivity contribution in [2.75, 3.05) is 27.3 Å². The van der Waals surface area contributed by atoms with E-state index in [1.807, 2.05) is 31.2 Å². The summed E-state index contributed by atoms with van der Waals surface area (Å²) < 4.78 is 37.9. The molecule has 1 aliphatic rings. The lowest BCUT2D eigenvalue weighted by Gasteiger charge is -2.38. The number of sulfonamides is 1. The third kappa shape index (κ3) is 4.76. The normalized spacial score (nSPS) is 19.8. The summed E-state index contributed by atoms with van der Waals surface area (Å²) in [5, 5.41) is 2.95. The summed E-state index contributed by atoms with van der Waals surface area (Å²) >= 11 is 0.